The minimum atomic E-state index is -0.403. The van der Waals surface area contributed by atoms with Crippen LogP contribution in [0.4, 0.5) is 11.4 Å². The normalized spacial score (nSPS) is 12.8. The highest BCUT2D eigenvalue weighted by molar-refractivity contribution is 6.34. The third kappa shape index (κ3) is 3.47. The molecule has 0 atom stereocenters. The van der Waals surface area contributed by atoms with Crippen LogP contribution in [0.25, 0.3) is 10.8 Å². The van der Waals surface area contributed by atoms with E-state index >= 15 is 0 Å². The molecule has 0 spiro atoms. The Hall–Kier alpha value is -4.59. The summed E-state index contributed by atoms with van der Waals surface area (Å²) >= 11 is 0. The van der Waals surface area contributed by atoms with Crippen LogP contribution in [0.2, 0.25) is 0 Å². The van der Waals surface area contributed by atoms with Crippen molar-refractivity contribution in [2.45, 2.75) is 6.42 Å². The molecule has 2 heterocycles. The van der Waals surface area contributed by atoms with Gasteiger partial charge in [0.25, 0.3) is 17.4 Å². The van der Waals surface area contributed by atoms with Crippen LogP contribution in [0, 0.1) is 0 Å². The van der Waals surface area contributed by atoms with E-state index in [1.807, 2.05) is 0 Å². The first kappa shape index (κ1) is 20.3. The smallest absolute Gasteiger partial charge is 0.274 e. The topological polar surface area (TPSA) is 101 Å². The highest BCUT2D eigenvalue weighted by Gasteiger charge is 2.36. The summed E-state index contributed by atoms with van der Waals surface area (Å²) in [6.07, 6.45) is -0.0497. The number of imide groups is 1. The van der Waals surface area contributed by atoms with Gasteiger partial charge in [0.1, 0.15) is 0 Å². The molecule has 1 N–H and O–H groups in total. The van der Waals surface area contributed by atoms with Crippen molar-refractivity contribution in [3.63, 3.8) is 0 Å². The summed E-state index contributed by atoms with van der Waals surface area (Å²) in [4.78, 5) is 51.7. The lowest BCUT2D eigenvalue weighted by Crippen LogP contribution is -2.29. The fourth-order valence-electron chi connectivity index (χ4n) is 4.01. The highest BCUT2D eigenvalue weighted by Crippen LogP contribution is 2.29. The van der Waals surface area contributed by atoms with Crippen LogP contribution in [0.15, 0.2) is 77.6 Å². The van der Waals surface area contributed by atoms with Crippen LogP contribution < -0.4 is 15.8 Å². The Kier molecular flexibility index (Phi) is 4.82. The molecule has 0 bridgehead atoms. The fourth-order valence-corrected chi connectivity index (χ4v) is 4.01. The monoisotopic (exact) mass is 438 g/mol. The number of carbonyl (C=O) groups excluding carboxylic acids is 3. The molecule has 33 heavy (non-hydrogen) atoms. The van der Waals surface area contributed by atoms with E-state index in [-0.39, 0.29) is 17.9 Å². The lowest BCUT2D eigenvalue weighted by atomic mass is 10.1. The van der Waals surface area contributed by atoms with Crippen molar-refractivity contribution in [1.29, 1.82) is 0 Å². The summed E-state index contributed by atoms with van der Waals surface area (Å²) < 4.78 is 1.22. The average Bonchev–Trinajstić information content (AvgIpc) is 3.07. The molecule has 0 saturated heterocycles. The number of aromatic nitrogens is 2. The van der Waals surface area contributed by atoms with Crippen LogP contribution in [0.3, 0.4) is 0 Å². The second kappa shape index (κ2) is 7.83. The average molecular weight is 438 g/mol. The van der Waals surface area contributed by atoms with E-state index < -0.39 is 11.8 Å². The van der Waals surface area contributed by atoms with Crippen LogP contribution in [0.5, 0.6) is 0 Å². The largest absolute Gasteiger partial charge is 0.326 e. The molecule has 1 aliphatic rings. The maximum atomic E-state index is 12.8. The molecular formula is C25H18N4O4. The van der Waals surface area contributed by atoms with Crippen molar-refractivity contribution in [2.75, 3.05) is 10.2 Å². The molecule has 0 fully saturated rings. The second-order valence-corrected chi connectivity index (χ2v) is 7.69. The summed E-state index contributed by atoms with van der Waals surface area (Å²) in [5, 5.41) is 8.15. The number of hydrogen-bond donors (Lipinski definition) is 1. The van der Waals surface area contributed by atoms with Crippen molar-refractivity contribution in [2.24, 2.45) is 7.05 Å². The zero-order valence-electron chi connectivity index (χ0n) is 17.6. The van der Waals surface area contributed by atoms with E-state index in [4.69, 9.17) is 0 Å². The van der Waals surface area contributed by atoms with Gasteiger partial charge in [-0.1, -0.05) is 36.4 Å². The number of hydrogen-bond acceptors (Lipinski definition) is 5. The van der Waals surface area contributed by atoms with Gasteiger partial charge in [0.2, 0.25) is 5.91 Å². The second-order valence-electron chi connectivity index (χ2n) is 7.69. The summed E-state index contributed by atoms with van der Waals surface area (Å²) in [6, 6.07) is 20.2. The zero-order chi connectivity index (χ0) is 23.1. The predicted octanol–water partition coefficient (Wildman–Crippen LogP) is 2.92. The summed E-state index contributed by atoms with van der Waals surface area (Å²) in [7, 11) is 1.54. The van der Waals surface area contributed by atoms with Gasteiger partial charge in [0.05, 0.1) is 34.3 Å². The Labute approximate surface area is 188 Å². The number of anilines is 2. The Morgan fingerprint density at radius 1 is 0.848 bits per heavy atom. The van der Waals surface area contributed by atoms with Crippen LogP contribution in [0.1, 0.15) is 26.4 Å². The SMILES string of the molecule is Cn1nc(CC(=O)Nc2cccc(N3C(=O)c4ccccc4C3=O)c2)c2ccccc2c1=O. The van der Waals surface area contributed by atoms with Gasteiger partial charge < -0.3 is 5.32 Å². The number of aryl methyl sites for hydroxylation is 1. The Bertz CT molecular complexity index is 1490. The molecule has 8 nitrogen and oxygen atoms in total. The van der Waals surface area contributed by atoms with Gasteiger partial charge >= 0.3 is 0 Å². The van der Waals surface area contributed by atoms with Gasteiger partial charge in [-0.2, -0.15) is 5.10 Å². The number of rotatable bonds is 4. The maximum absolute atomic E-state index is 12.8. The highest BCUT2D eigenvalue weighted by atomic mass is 16.2. The molecule has 1 aromatic heterocycles. The van der Waals surface area contributed by atoms with E-state index in [1.165, 1.54) is 4.68 Å². The van der Waals surface area contributed by atoms with E-state index in [9.17, 15) is 19.2 Å². The van der Waals surface area contributed by atoms with Crippen molar-refractivity contribution >= 4 is 39.9 Å². The van der Waals surface area contributed by atoms with Gasteiger partial charge in [0, 0.05) is 18.1 Å². The Balaban J connectivity index is 1.40. The number of benzene rings is 3. The molecule has 4 aromatic rings. The standard InChI is InChI=1S/C25H18N4O4/c1-28-23(31)18-10-3-2-9-17(18)21(27-28)14-22(30)26-15-7-6-8-16(13-15)29-24(32)19-11-4-5-12-20(19)25(29)33/h2-13H,14H2,1H3,(H,26,30). The van der Waals surface area contributed by atoms with Gasteiger partial charge in [-0.05, 0) is 36.4 Å². The van der Waals surface area contributed by atoms with Crippen molar-refractivity contribution in [3.8, 4) is 0 Å². The first-order valence-corrected chi connectivity index (χ1v) is 10.3. The van der Waals surface area contributed by atoms with Crippen LogP contribution >= 0.6 is 0 Å². The predicted molar refractivity (Wildman–Crippen MR) is 123 cm³/mol. The molecule has 8 heteroatoms. The maximum Gasteiger partial charge on any atom is 0.274 e. The molecule has 0 saturated carbocycles. The molecule has 0 radical (unpaired) electrons. The Morgan fingerprint density at radius 3 is 2.18 bits per heavy atom. The third-order valence-corrected chi connectivity index (χ3v) is 5.54. The minimum absolute atomic E-state index is 0.0497. The number of amides is 3. The fraction of sp³-hybridized carbons (Fsp3) is 0.0800. The van der Waals surface area contributed by atoms with Gasteiger partial charge in [-0.15, -0.1) is 0 Å². The molecule has 3 amide bonds. The number of nitrogens with zero attached hydrogens (tertiary/aromatic N) is 3. The molecule has 0 unspecified atom stereocenters. The van der Waals surface area contributed by atoms with Gasteiger partial charge in [0.15, 0.2) is 0 Å². The lowest BCUT2D eigenvalue weighted by Gasteiger charge is -2.15. The van der Waals surface area contributed by atoms with E-state index in [0.717, 1.165) is 4.90 Å². The van der Waals surface area contributed by atoms with E-state index in [1.54, 1.807) is 79.8 Å². The summed E-state index contributed by atoms with van der Waals surface area (Å²) in [6.45, 7) is 0. The molecule has 5 rings (SSSR count). The molecule has 1 aliphatic heterocycles. The molecular weight excluding hydrogens is 420 g/mol. The first-order valence-electron chi connectivity index (χ1n) is 10.3. The van der Waals surface area contributed by atoms with E-state index in [0.29, 0.717) is 39.0 Å². The minimum Gasteiger partial charge on any atom is -0.326 e. The first-order chi connectivity index (χ1) is 15.9. The van der Waals surface area contributed by atoms with Gasteiger partial charge in [-0.25, -0.2) is 9.58 Å². The van der Waals surface area contributed by atoms with Gasteiger partial charge in [-0.3, -0.25) is 19.2 Å². The molecule has 3 aromatic carbocycles. The quantitative estimate of drug-likeness (QED) is 0.494. The number of carbonyl (C=O) groups is 3. The number of nitrogens with one attached hydrogen (secondary N) is 1. The summed E-state index contributed by atoms with van der Waals surface area (Å²) in [5.74, 6) is -1.15. The Morgan fingerprint density at radius 2 is 1.48 bits per heavy atom. The van der Waals surface area contributed by atoms with Crippen molar-refractivity contribution < 1.29 is 14.4 Å². The number of fused-ring (bicyclic) bond motifs is 2. The summed E-state index contributed by atoms with van der Waals surface area (Å²) in [5.41, 5.74) is 1.74. The zero-order valence-corrected chi connectivity index (χ0v) is 17.6. The lowest BCUT2D eigenvalue weighted by molar-refractivity contribution is -0.115. The van der Waals surface area contributed by atoms with E-state index in [2.05, 4.69) is 10.4 Å². The van der Waals surface area contributed by atoms with Crippen molar-refractivity contribution in [3.05, 3.63) is 100.0 Å². The molecule has 0 aliphatic carbocycles. The van der Waals surface area contributed by atoms with Crippen LogP contribution in [-0.2, 0) is 18.3 Å². The molecule has 162 valence electrons. The van der Waals surface area contributed by atoms with Crippen LogP contribution in [-0.4, -0.2) is 27.5 Å². The van der Waals surface area contributed by atoms with Crippen molar-refractivity contribution in [1.82, 2.24) is 9.78 Å². The third-order valence-electron chi connectivity index (χ3n) is 5.54.